The molecule has 0 radical (unpaired) electrons. The molecule has 0 bridgehead atoms. The summed E-state index contributed by atoms with van der Waals surface area (Å²) in [5.41, 5.74) is 3.33. The van der Waals surface area contributed by atoms with Gasteiger partial charge in [0.25, 0.3) is 0 Å². The number of carbonyl (C=O) groups is 2. The van der Waals surface area contributed by atoms with Crippen LogP contribution in [0.3, 0.4) is 0 Å². The lowest BCUT2D eigenvalue weighted by Crippen LogP contribution is -2.42. The van der Waals surface area contributed by atoms with Gasteiger partial charge in [-0.25, -0.2) is 0 Å². The Hall–Kier alpha value is -2.72. The lowest BCUT2D eigenvalue weighted by Gasteiger charge is -2.44. The monoisotopic (exact) mass is 452 g/mol. The first-order valence-corrected chi connectivity index (χ1v) is 11.5. The van der Waals surface area contributed by atoms with Crippen molar-refractivity contribution in [2.45, 2.75) is 64.2 Å². The van der Waals surface area contributed by atoms with Gasteiger partial charge in [0.1, 0.15) is 5.40 Å². The van der Waals surface area contributed by atoms with Crippen LogP contribution in [0.4, 0.5) is 0 Å². The van der Waals surface area contributed by atoms with Gasteiger partial charge in [-0.2, -0.15) is 5.26 Å². The fourth-order valence-corrected chi connectivity index (χ4v) is 5.76. The first-order valence-electron chi connectivity index (χ1n) is 10.7. The third-order valence-corrected chi connectivity index (χ3v) is 7.11. The number of Topliss-reactive ketones (excluding diaryl/α,β-unsaturated/α-hetero) is 2. The van der Waals surface area contributed by atoms with Gasteiger partial charge >= 0.3 is 0 Å². The van der Waals surface area contributed by atoms with Crippen molar-refractivity contribution < 1.29 is 19.4 Å². The number of methoxy groups -OCH3 is 1. The molecule has 0 saturated carbocycles. The molecule has 0 aromatic heterocycles. The van der Waals surface area contributed by atoms with Gasteiger partial charge in [0, 0.05) is 41.3 Å². The van der Waals surface area contributed by atoms with Crippen LogP contribution in [-0.4, -0.2) is 23.8 Å². The maximum Gasteiger partial charge on any atom is 0.172 e. The topological polar surface area (TPSA) is 99.4 Å². The van der Waals surface area contributed by atoms with Crippen LogP contribution in [0.15, 0.2) is 39.6 Å². The molecule has 7 heteroatoms. The number of hydrogen-bond acceptors (Lipinski definition) is 7. The number of benzene rings is 1. The maximum absolute atomic E-state index is 13.4. The highest BCUT2D eigenvalue weighted by molar-refractivity contribution is 8.03. The molecule has 0 atom stereocenters. The average Bonchev–Trinajstić information content (AvgIpc) is 2.66. The third kappa shape index (κ3) is 3.81. The highest BCUT2D eigenvalue weighted by Gasteiger charge is 2.46. The van der Waals surface area contributed by atoms with E-state index in [1.807, 2.05) is 5.40 Å². The van der Waals surface area contributed by atoms with Crippen LogP contribution in [0.2, 0.25) is 0 Å². The molecule has 1 aliphatic heterocycles. The SMILES string of the molecule is COc1cc(C2C3=C(CC(C)(C)CC3=O)NC3=C2C(=O)CC(C)(C)C3)cc(SC#N)c1O. The fourth-order valence-electron chi connectivity index (χ4n) is 5.27. The number of nitriles is 1. The molecule has 2 aliphatic carbocycles. The first kappa shape index (κ1) is 22.5. The van der Waals surface area contributed by atoms with Gasteiger partial charge in [0.2, 0.25) is 0 Å². The van der Waals surface area contributed by atoms with E-state index in [9.17, 15) is 20.0 Å². The van der Waals surface area contributed by atoms with Crippen molar-refractivity contribution in [1.29, 1.82) is 5.26 Å². The average molecular weight is 453 g/mol. The van der Waals surface area contributed by atoms with Crippen molar-refractivity contribution in [1.82, 2.24) is 5.32 Å². The molecule has 0 amide bonds. The highest BCUT2D eigenvalue weighted by atomic mass is 32.2. The van der Waals surface area contributed by atoms with E-state index in [0.717, 1.165) is 23.2 Å². The number of dihydropyridines is 1. The van der Waals surface area contributed by atoms with Crippen molar-refractivity contribution in [3.8, 4) is 16.9 Å². The molecule has 1 aromatic rings. The van der Waals surface area contributed by atoms with Gasteiger partial charge in [-0.05, 0) is 53.1 Å². The van der Waals surface area contributed by atoms with E-state index in [1.165, 1.54) is 7.11 Å². The summed E-state index contributed by atoms with van der Waals surface area (Å²) >= 11 is 0.827. The number of nitrogens with one attached hydrogen (secondary N) is 1. The first-order chi connectivity index (χ1) is 15.0. The quantitative estimate of drug-likeness (QED) is 0.494. The number of thioether (sulfide) groups is 1. The van der Waals surface area contributed by atoms with Crippen LogP contribution in [0, 0.1) is 21.5 Å². The van der Waals surface area contributed by atoms with Crippen LogP contribution in [0.25, 0.3) is 0 Å². The Morgan fingerprint density at radius 1 is 1.03 bits per heavy atom. The van der Waals surface area contributed by atoms with E-state index in [4.69, 9.17) is 4.74 Å². The van der Waals surface area contributed by atoms with Gasteiger partial charge in [0.05, 0.1) is 12.0 Å². The van der Waals surface area contributed by atoms with Crippen molar-refractivity contribution in [2.24, 2.45) is 10.8 Å². The van der Waals surface area contributed by atoms with E-state index in [1.54, 1.807) is 12.1 Å². The number of ketones is 2. The molecular weight excluding hydrogens is 424 g/mol. The minimum atomic E-state index is -0.541. The minimum absolute atomic E-state index is 0.0273. The van der Waals surface area contributed by atoms with Gasteiger partial charge in [0.15, 0.2) is 23.1 Å². The Labute approximate surface area is 192 Å². The third-order valence-electron chi connectivity index (χ3n) is 6.49. The second-order valence-corrected chi connectivity index (χ2v) is 11.3. The van der Waals surface area contributed by atoms with Crippen LogP contribution < -0.4 is 10.1 Å². The van der Waals surface area contributed by atoms with Crippen LogP contribution >= 0.6 is 11.8 Å². The van der Waals surface area contributed by atoms with Crippen LogP contribution in [0.5, 0.6) is 11.5 Å². The summed E-state index contributed by atoms with van der Waals surface area (Å²) in [6.07, 6.45) is 2.23. The van der Waals surface area contributed by atoms with Crippen LogP contribution in [-0.2, 0) is 9.59 Å². The number of ether oxygens (including phenoxy) is 1. The lowest BCUT2D eigenvalue weighted by molar-refractivity contribution is -0.119. The van der Waals surface area contributed by atoms with E-state index < -0.39 is 5.92 Å². The normalized spacial score (nSPS) is 22.1. The highest BCUT2D eigenvalue weighted by Crippen LogP contribution is 2.52. The molecule has 1 aromatic carbocycles. The standard InChI is InChI=1S/C25H28N2O4S/c1-24(2)8-14-21(16(28)10-24)20(22-15(27-14)9-25(3,4)11-17(22)29)13-6-18(31-5)23(30)19(7-13)32-12-26/h6-7,20,27,30H,8-11H2,1-5H3. The molecule has 4 rings (SSSR count). The predicted octanol–water partition coefficient (Wildman–Crippen LogP) is 4.95. The number of aromatic hydroxyl groups is 1. The molecule has 1 heterocycles. The molecule has 6 nitrogen and oxygen atoms in total. The maximum atomic E-state index is 13.4. The summed E-state index contributed by atoms with van der Waals surface area (Å²) in [5, 5.41) is 25.2. The van der Waals surface area contributed by atoms with Crippen molar-refractivity contribution in [3.05, 3.63) is 40.2 Å². The number of thiocyanates is 1. The Morgan fingerprint density at radius 2 is 1.56 bits per heavy atom. The second kappa shape index (κ2) is 7.70. The molecule has 0 saturated heterocycles. The van der Waals surface area contributed by atoms with E-state index in [-0.39, 0.29) is 33.9 Å². The largest absolute Gasteiger partial charge is 0.503 e. The molecule has 32 heavy (non-hydrogen) atoms. The smallest absolute Gasteiger partial charge is 0.172 e. The Balaban J connectivity index is 1.97. The molecule has 0 spiro atoms. The Bertz CT molecular complexity index is 1090. The number of phenolic OH excluding ortho intramolecular Hbond substituents is 1. The number of nitrogens with zero attached hydrogens (tertiary/aromatic N) is 1. The van der Waals surface area contributed by atoms with Crippen LogP contribution in [0.1, 0.15) is 64.9 Å². The zero-order valence-corrected chi connectivity index (χ0v) is 19.9. The summed E-state index contributed by atoms with van der Waals surface area (Å²) in [4.78, 5) is 27.1. The minimum Gasteiger partial charge on any atom is -0.503 e. The van der Waals surface area contributed by atoms with Gasteiger partial charge < -0.3 is 15.2 Å². The summed E-state index contributed by atoms with van der Waals surface area (Å²) in [7, 11) is 1.44. The summed E-state index contributed by atoms with van der Waals surface area (Å²) in [6, 6.07) is 3.39. The van der Waals surface area contributed by atoms with Gasteiger partial charge in [-0.1, -0.05) is 27.7 Å². The van der Waals surface area contributed by atoms with Crippen molar-refractivity contribution in [3.63, 3.8) is 0 Å². The fraction of sp³-hybridized carbons (Fsp3) is 0.480. The van der Waals surface area contributed by atoms with Gasteiger partial charge in [-0.15, -0.1) is 0 Å². The Morgan fingerprint density at radius 3 is 2.03 bits per heavy atom. The van der Waals surface area contributed by atoms with E-state index in [2.05, 4.69) is 33.0 Å². The second-order valence-electron chi connectivity index (χ2n) is 10.5. The molecule has 0 unspecified atom stereocenters. The number of allylic oxidation sites excluding steroid dienone is 4. The van der Waals surface area contributed by atoms with E-state index in [0.29, 0.717) is 47.3 Å². The number of rotatable bonds is 3. The number of carbonyl (C=O) groups excluding carboxylic acids is 2. The summed E-state index contributed by atoms with van der Waals surface area (Å²) in [5.74, 6) is -0.387. The summed E-state index contributed by atoms with van der Waals surface area (Å²) < 4.78 is 5.37. The molecule has 0 fully saturated rings. The Kier molecular flexibility index (Phi) is 5.41. The molecule has 168 valence electrons. The lowest BCUT2D eigenvalue weighted by atomic mass is 9.64. The summed E-state index contributed by atoms with van der Waals surface area (Å²) in [6.45, 7) is 8.32. The van der Waals surface area contributed by atoms with Crippen molar-refractivity contribution in [2.75, 3.05) is 7.11 Å². The zero-order valence-electron chi connectivity index (χ0n) is 19.1. The molecule has 3 aliphatic rings. The van der Waals surface area contributed by atoms with Gasteiger partial charge in [-0.3, -0.25) is 9.59 Å². The number of hydrogen-bond donors (Lipinski definition) is 2. The zero-order chi connectivity index (χ0) is 23.4. The number of phenols is 1. The predicted molar refractivity (Wildman–Crippen MR) is 122 cm³/mol. The molecular formula is C25H28N2O4S. The van der Waals surface area contributed by atoms with E-state index >= 15 is 0 Å². The molecule has 2 N–H and O–H groups in total. The van der Waals surface area contributed by atoms with Crippen molar-refractivity contribution >= 4 is 23.3 Å².